The molecule has 1 aromatic rings. The van der Waals surface area contributed by atoms with E-state index >= 15 is 0 Å². The minimum absolute atomic E-state index is 0.355. The molecule has 0 fully saturated rings. The smallest absolute Gasteiger partial charge is 0.438 e. The SMILES string of the molecule is COc1ccc(/C=C/C[C@@H]2C(=O)N(C(=O)OC(C)(C)C)N=C2C)cc1. The number of imide groups is 1. The van der Waals surface area contributed by atoms with Crippen molar-refractivity contribution < 1.29 is 19.1 Å². The molecule has 0 aliphatic carbocycles. The van der Waals surface area contributed by atoms with Crippen LogP contribution in [-0.2, 0) is 9.53 Å². The summed E-state index contributed by atoms with van der Waals surface area (Å²) in [5.41, 5.74) is 0.938. The van der Waals surface area contributed by atoms with Crippen LogP contribution in [0.2, 0.25) is 0 Å². The van der Waals surface area contributed by atoms with Gasteiger partial charge in [-0.3, -0.25) is 4.79 Å². The van der Waals surface area contributed by atoms with E-state index in [0.717, 1.165) is 16.3 Å². The fourth-order valence-corrected chi connectivity index (χ4v) is 2.37. The molecule has 0 unspecified atom stereocenters. The Morgan fingerprint density at radius 1 is 1.28 bits per heavy atom. The van der Waals surface area contributed by atoms with E-state index in [4.69, 9.17) is 9.47 Å². The van der Waals surface area contributed by atoms with Crippen LogP contribution in [0.15, 0.2) is 35.4 Å². The number of carbonyl (C=O) groups is 2. The van der Waals surface area contributed by atoms with E-state index in [9.17, 15) is 9.59 Å². The van der Waals surface area contributed by atoms with Gasteiger partial charge in [0, 0.05) is 5.71 Å². The Balaban J connectivity index is 1.98. The molecule has 0 bridgehead atoms. The van der Waals surface area contributed by atoms with Gasteiger partial charge in [0.25, 0.3) is 5.91 Å². The Hall–Kier alpha value is -2.63. The Morgan fingerprint density at radius 3 is 2.48 bits per heavy atom. The van der Waals surface area contributed by atoms with Crippen molar-refractivity contribution in [1.29, 1.82) is 0 Å². The standard InChI is InChI=1S/C19H24N2O4/c1-13-16(8-6-7-14-9-11-15(24-5)12-10-14)17(22)21(20-13)18(23)25-19(2,3)4/h6-7,9-12,16H,8H2,1-5H3/b7-6+/t16-/m0/s1. The Kier molecular flexibility index (Phi) is 5.62. The molecule has 1 atom stereocenters. The van der Waals surface area contributed by atoms with Crippen molar-refractivity contribution in [3.8, 4) is 5.75 Å². The van der Waals surface area contributed by atoms with Crippen LogP contribution in [-0.4, -0.2) is 35.4 Å². The van der Waals surface area contributed by atoms with Crippen molar-refractivity contribution >= 4 is 23.8 Å². The normalized spacial score (nSPS) is 17.8. The zero-order chi connectivity index (χ0) is 18.6. The molecule has 25 heavy (non-hydrogen) atoms. The first-order valence-corrected chi connectivity index (χ1v) is 8.14. The lowest BCUT2D eigenvalue weighted by molar-refractivity contribution is -0.130. The number of hydrazone groups is 1. The van der Waals surface area contributed by atoms with E-state index in [1.54, 1.807) is 34.8 Å². The Labute approximate surface area is 148 Å². The fourth-order valence-electron chi connectivity index (χ4n) is 2.37. The third-order valence-corrected chi connectivity index (χ3v) is 3.63. The van der Waals surface area contributed by atoms with Gasteiger partial charge in [0.05, 0.1) is 13.0 Å². The Morgan fingerprint density at radius 2 is 1.92 bits per heavy atom. The van der Waals surface area contributed by atoms with Crippen molar-refractivity contribution in [1.82, 2.24) is 5.01 Å². The van der Waals surface area contributed by atoms with Crippen LogP contribution in [0.3, 0.4) is 0 Å². The molecule has 2 rings (SSSR count). The van der Waals surface area contributed by atoms with Crippen molar-refractivity contribution in [3.05, 3.63) is 35.9 Å². The van der Waals surface area contributed by atoms with E-state index in [1.807, 2.05) is 36.4 Å². The summed E-state index contributed by atoms with van der Waals surface area (Å²) in [6.45, 7) is 6.99. The molecule has 1 aliphatic rings. The van der Waals surface area contributed by atoms with Gasteiger partial charge in [-0.2, -0.15) is 5.10 Å². The van der Waals surface area contributed by atoms with Gasteiger partial charge in [0.1, 0.15) is 11.4 Å². The number of carbonyl (C=O) groups excluding carboxylic acids is 2. The zero-order valence-electron chi connectivity index (χ0n) is 15.3. The van der Waals surface area contributed by atoms with Gasteiger partial charge in [0.15, 0.2) is 0 Å². The molecule has 6 nitrogen and oxygen atoms in total. The van der Waals surface area contributed by atoms with E-state index in [2.05, 4.69) is 5.10 Å². The molecule has 134 valence electrons. The molecule has 1 aliphatic heterocycles. The number of benzene rings is 1. The maximum Gasteiger partial charge on any atom is 0.438 e. The van der Waals surface area contributed by atoms with E-state index < -0.39 is 17.6 Å². The quantitative estimate of drug-likeness (QED) is 0.831. The van der Waals surface area contributed by atoms with Crippen LogP contribution < -0.4 is 4.74 Å². The Bertz CT molecular complexity index is 699. The lowest BCUT2D eigenvalue weighted by Gasteiger charge is -2.21. The highest BCUT2D eigenvalue weighted by molar-refractivity contribution is 6.11. The van der Waals surface area contributed by atoms with Crippen LogP contribution in [0, 0.1) is 5.92 Å². The predicted octanol–water partition coefficient (Wildman–Crippen LogP) is 3.87. The van der Waals surface area contributed by atoms with Gasteiger partial charge in [0.2, 0.25) is 0 Å². The third kappa shape index (κ3) is 4.92. The van der Waals surface area contributed by atoms with Crippen molar-refractivity contribution in [2.75, 3.05) is 7.11 Å². The van der Waals surface area contributed by atoms with Crippen LogP contribution in [0.4, 0.5) is 4.79 Å². The third-order valence-electron chi connectivity index (χ3n) is 3.63. The van der Waals surface area contributed by atoms with E-state index in [1.165, 1.54) is 0 Å². The first-order valence-electron chi connectivity index (χ1n) is 8.14. The number of methoxy groups -OCH3 is 1. The minimum Gasteiger partial charge on any atom is -0.497 e. The first-order chi connectivity index (χ1) is 11.7. The largest absolute Gasteiger partial charge is 0.497 e. The maximum absolute atomic E-state index is 12.4. The van der Waals surface area contributed by atoms with Gasteiger partial charge < -0.3 is 9.47 Å². The number of nitrogens with zero attached hydrogens (tertiary/aromatic N) is 2. The molecule has 1 heterocycles. The van der Waals surface area contributed by atoms with E-state index in [-0.39, 0.29) is 5.91 Å². The van der Waals surface area contributed by atoms with Crippen molar-refractivity contribution in [3.63, 3.8) is 0 Å². The predicted molar refractivity (Wildman–Crippen MR) is 96.3 cm³/mol. The molecule has 2 amide bonds. The number of hydrogen-bond donors (Lipinski definition) is 0. The van der Waals surface area contributed by atoms with Crippen LogP contribution >= 0.6 is 0 Å². The fraction of sp³-hybridized carbons (Fsp3) is 0.421. The average Bonchev–Trinajstić information content (AvgIpc) is 2.82. The summed E-state index contributed by atoms with van der Waals surface area (Å²) in [5.74, 6) is -0.00718. The lowest BCUT2D eigenvalue weighted by Crippen LogP contribution is -2.37. The highest BCUT2D eigenvalue weighted by atomic mass is 16.6. The maximum atomic E-state index is 12.4. The second-order valence-electron chi connectivity index (χ2n) is 6.84. The summed E-state index contributed by atoms with van der Waals surface area (Å²) in [6, 6.07) is 7.61. The summed E-state index contributed by atoms with van der Waals surface area (Å²) >= 11 is 0. The molecule has 0 spiro atoms. The van der Waals surface area contributed by atoms with Crippen LogP contribution in [0.25, 0.3) is 6.08 Å². The molecule has 1 aromatic carbocycles. The summed E-state index contributed by atoms with van der Waals surface area (Å²) in [6.07, 6.45) is 3.57. The zero-order valence-corrected chi connectivity index (χ0v) is 15.3. The lowest BCUT2D eigenvalue weighted by atomic mass is 10.00. The second kappa shape index (κ2) is 7.51. The van der Waals surface area contributed by atoms with Gasteiger partial charge in [-0.1, -0.05) is 24.3 Å². The topological polar surface area (TPSA) is 68.2 Å². The molecule has 0 N–H and O–H groups in total. The average molecular weight is 344 g/mol. The number of hydrogen-bond acceptors (Lipinski definition) is 5. The molecular weight excluding hydrogens is 320 g/mol. The van der Waals surface area contributed by atoms with Crippen LogP contribution in [0.5, 0.6) is 5.75 Å². The van der Waals surface area contributed by atoms with E-state index in [0.29, 0.717) is 12.1 Å². The highest BCUT2D eigenvalue weighted by Crippen LogP contribution is 2.22. The first kappa shape index (κ1) is 18.7. The monoisotopic (exact) mass is 344 g/mol. The van der Waals surface area contributed by atoms with Gasteiger partial charge in [-0.15, -0.1) is 5.01 Å². The molecule has 0 saturated heterocycles. The summed E-state index contributed by atoms with van der Waals surface area (Å²) < 4.78 is 10.3. The summed E-state index contributed by atoms with van der Waals surface area (Å²) in [5, 5.41) is 4.88. The number of allylic oxidation sites excluding steroid dienone is 1. The number of amides is 2. The van der Waals surface area contributed by atoms with Crippen molar-refractivity contribution in [2.45, 2.75) is 39.7 Å². The molecular formula is C19H24N2O4. The summed E-state index contributed by atoms with van der Waals surface area (Å²) in [4.78, 5) is 24.5. The summed E-state index contributed by atoms with van der Waals surface area (Å²) in [7, 11) is 1.62. The molecule has 6 heteroatoms. The molecule has 0 saturated carbocycles. The van der Waals surface area contributed by atoms with Gasteiger partial charge in [-0.05, 0) is 51.8 Å². The van der Waals surface area contributed by atoms with Gasteiger partial charge in [-0.25, -0.2) is 4.79 Å². The highest BCUT2D eigenvalue weighted by Gasteiger charge is 2.38. The van der Waals surface area contributed by atoms with Crippen molar-refractivity contribution in [2.24, 2.45) is 11.0 Å². The van der Waals surface area contributed by atoms with Crippen LogP contribution in [0.1, 0.15) is 39.7 Å². The minimum atomic E-state index is -0.738. The molecule has 0 aromatic heterocycles. The number of rotatable bonds is 4. The number of ether oxygens (including phenoxy) is 2. The molecule has 0 radical (unpaired) electrons. The second-order valence-corrected chi connectivity index (χ2v) is 6.84. The van der Waals surface area contributed by atoms with Gasteiger partial charge >= 0.3 is 6.09 Å².